The molecule has 2 bridgehead atoms. The molecule has 23 heavy (non-hydrogen) atoms. The molecule has 3 saturated carbocycles. The maximum absolute atomic E-state index is 12.2. The van der Waals surface area contributed by atoms with E-state index in [1.54, 1.807) is 18.2 Å². The lowest BCUT2D eigenvalue weighted by atomic mass is 9.67. The van der Waals surface area contributed by atoms with Gasteiger partial charge in [-0.05, 0) is 73.8 Å². The highest BCUT2D eigenvalue weighted by atomic mass is 16.3. The topological polar surface area (TPSA) is 61.7 Å². The molecule has 4 heteroatoms. The summed E-state index contributed by atoms with van der Waals surface area (Å²) in [6, 6.07) is 6.58. The number of nitrogens with zero attached hydrogens (tertiary/aromatic N) is 1. The molecule has 0 aliphatic heterocycles. The molecule has 0 aromatic heterocycles. The molecule has 3 aliphatic carbocycles. The predicted octanol–water partition coefficient (Wildman–Crippen LogP) is 3.57. The van der Waals surface area contributed by atoms with E-state index in [2.05, 4.69) is 17.5 Å². The van der Waals surface area contributed by atoms with Crippen molar-refractivity contribution >= 4 is 11.6 Å². The van der Waals surface area contributed by atoms with Crippen LogP contribution < -0.4 is 5.43 Å². The Balaban J connectivity index is 1.46. The summed E-state index contributed by atoms with van der Waals surface area (Å²) in [5, 5.41) is 14.2. The second-order valence-corrected chi connectivity index (χ2v) is 7.56. The van der Waals surface area contributed by atoms with Crippen LogP contribution in [0.25, 0.3) is 0 Å². The number of carbonyl (C=O) groups excluding carboxylic acids is 1. The van der Waals surface area contributed by atoms with Crippen LogP contribution in [0.3, 0.4) is 0 Å². The number of rotatable bonds is 2. The van der Waals surface area contributed by atoms with E-state index in [-0.39, 0.29) is 17.2 Å². The molecular formula is C19H24N2O2. The number of aromatic hydroxyl groups is 1. The van der Waals surface area contributed by atoms with E-state index < -0.39 is 0 Å². The highest BCUT2D eigenvalue weighted by Crippen LogP contribution is 2.57. The van der Waals surface area contributed by atoms with Gasteiger partial charge in [0.1, 0.15) is 5.75 Å². The van der Waals surface area contributed by atoms with Crippen LogP contribution in [0, 0.1) is 29.6 Å². The van der Waals surface area contributed by atoms with Crippen LogP contribution in [-0.4, -0.2) is 16.7 Å². The van der Waals surface area contributed by atoms with Gasteiger partial charge in [-0.25, -0.2) is 5.43 Å². The first-order valence-corrected chi connectivity index (χ1v) is 8.78. The van der Waals surface area contributed by atoms with Gasteiger partial charge in [-0.15, -0.1) is 0 Å². The molecule has 0 radical (unpaired) electrons. The van der Waals surface area contributed by atoms with Gasteiger partial charge in [-0.3, -0.25) is 4.79 Å². The van der Waals surface area contributed by atoms with Gasteiger partial charge in [-0.2, -0.15) is 5.10 Å². The van der Waals surface area contributed by atoms with E-state index >= 15 is 0 Å². The van der Waals surface area contributed by atoms with Gasteiger partial charge in [0.2, 0.25) is 0 Å². The summed E-state index contributed by atoms with van der Waals surface area (Å²) in [4.78, 5) is 12.2. The summed E-state index contributed by atoms with van der Waals surface area (Å²) in [6.45, 7) is 2.23. The van der Waals surface area contributed by atoms with Crippen molar-refractivity contribution in [2.24, 2.45) is 34.7 Å². The highest BCUT2D eigenvalue weighted by molar-refractivity contribution is 5.98. The number of phenolic OH excluding ortho intramolecular Hbond substituents is 1. The average Bonchev–Trinajstić information content (AvgIpc) is 3.14. The number of hydrogen-bond acceptors (Lipinski definition) is 3. The Morgan fingerprint density at radius 3 is 2.70 bits per heavy atom. The van der Waals surface area contributed by atoms with Crippen molar-refractivity contribution < 1.29 is 9.90 Å². The highest BCUT2D eigenvalue weighted by Gasteiger charge is 2.50. The lowest BCUT2D eigenvalue weighted by Crippen LogP contribution is -2.36. The van der Waals surface area contributed by atoms with Crippen molar-refractivity contribution in [2.45, 2.75) is 39.0 Å². The summed E-state index contributed by atoms with van der Waals surface area (Å²) >= 11 is 0. The molecule has 1 aromatic rings. The van der Waals surface area contributed by atoms with Gasteiger partial charge >= 0.3 is 0 Å². The number of hydrazone groups is 1. The Kier molecular flexibility index (Phi) is 3.63. The van der Waals surface area contributed by atoms with Gasteiger partial charge in [0.05, 0.1) is 5.56 Å². The number of benzene rings is 1. The van der Waals surface area contributed by atoms with Gasteiger partial charge < -0.3 is 5.11 Å². The lowest BCUT2D eigenvalue weighted by Gasteiger charge is -2.38. The largest absolute Gasteiger partial charge is 0.507 e. The minimum atomic E-state index is -0.335. The second-order valence-electron chi connectivity index (χ2n) is 7.56. The first kappa shape index (κ1) is 14.7. The van der Waals surface area contributed by atoms with Crippen LogP contribution in [0.1, 0.15) is 49.4 Å². The predicted molar refractivity (Wildman–Crippen MR) is 89.2 cm³/mol. The number of nitrogens with one attached hydrogen (secondary N) is 1. The third-order valence-electron chi connectivity index (χ3n) is 6.36. The van der Waals surface area contributed by atoms with E-state index in [1.165, 1.54) is 31.7 Å². The van der Waals surface area contributed by atoms with Crippen LogP contribution in [0.5, 0.6) is 5.75 Å². The molecule has 0 heterocycles. The molecule has 1 aromatic carbocycles. The van der Waals surface area contributed by atoms with E-state index in [1.807, 2.05) is 0 Å². The van der Waals surface area contributed by atoms with Crippen LogP contribution in [0.2, 0.25) is 0 Å². The molecule has 1 amide bonds. The van der Waals surface area contributed by atoms with Crippen molar-refractivity contribution in [2.75, 3.05) is 0 Å². The molecule has 0 saturated heterocycles. The van der Waals surface area contributed by atoms with Crippen molar-refractivity contribution in [1.29, 1.82) is 0 Å². The van der Waals surface area contributed by atoms with Gasteiger partial charge in [0.15, 0.2) is 0 Å². The zero-order valence-electron chi connectivity index (χ0n) is 13.5. The Hall–Kier alpha value is -1.84. The third-order valence-corrected chi connectivity index (χ3v) is 6.36. The normalized spacial score (nSPS) is 36.9. The van der Waals surface area contributed by atoms with Crippen LogP contribution >= 0.6 is 0 Å². The summed E-state index contributed by atoms with van der Waals surface area (Å²) < 4.78 is 0. The Labute approximate surface area is 137 Å². The Morgan fingerprint density at radius 1 is 1.17 bits per heavy atom. The molecule has 3 fully saturated rings. The fourth-order valence-corrected chi connectivity index (χ4v) is 5.21. The number of hydrogen-bond donors (Lipinski definition) is 2. The molecule has 0 spiro atoms. The quantitative estimate of drug-likeness (QED) is 0.820. The number of para-hydroxylation sites is 1. The number of carbonyl (C=O) groups is 1. The lowest BCUT2D eigenvalue weighted by molar-refractivity contribution is 0.0951. The fourth-order valence-electron chi connectivity index (χ4n) is 5.21. The average molecular weight is 312 g/mol. The fraction of sp³-hybridized carbons (Fsp3) is 0.579. The van der Waals surface area contributed by atoms with E-state index in [0.717, 1.165) is 35.8 Å². The van der Waals surface area contributed by atoms with Gasteiger partial charge in [-0.1, -0.05) is 19.1 Å². The van der Waals surface area contributed by atoms with Gasteiger partial charge in [0.25, 0.3) is 5.91 Å². The molecule has 4 rings (SSSR count). The zero-order chi connectivity index (χ0) is 16.0. The van der Waals surface area contributed by atoms with E-state index in [9.17, 15) is 9.90 Å². The zero-order valence-corrected chi connectivity index (χ0v) is 13.5. The Bertz CT molecular complexity index is 655. The molecule has 2 N–H and O–H groups in total. The summed E-state index contributed by atoms with van der Waals surface area (Å²) in [5.74, 6) is 3.61. The van der Waals surface area contributed by atoms with Crippen molar-refractivity contribution in [3.8, 4) is 5.75 Å². The summed E-state index contributed by atoms with van der Waals surface area (Å²) in [7, 11) is 0. The monoisotopic (exact) mass is 312 g/mol. The summed E-state index contributed by atoms with van der Waals surface area (Å²) in [5.41, 5.74) is 4.06. The Morgan fingerprint density at radius 2 is 1.91 bits per heavy atom. The maximum atomic E-state index is 12.2. The molecule has 0 unspecified atom stereocenters. The smallest absolute Gasteiger partial charge is 0.275 e. The third kappa shape index (κ3) is 2.54. The van der Waals surface area contributed by atoms with Gasteiger partial charge in [0, 0.05) is 5.71 Å². The molecule has 122 valence electrons. The number of amides is 1. The molecule has 5 atom stereocenters. The minimum absolute atomic E-state index is 0.00457. The van der Waals surface area contributed by atoms with Crippen molar-refractivity contribution in [1.82, 2.24) is 5.43 Å². The van der Waals surface area contributed by atoms with E-state index in [0.29, 0.717) is 5.92 Å². The molecular weight excluding hydrogens is 288 g/mol. The van der Waals surface area contributed by atoms with Crippen LogP contribution in [0.4, 0.5) is 0 Å². The molecule has 4 nitrogen and oxygen atoms in total. The van der Waals surface area contributed by atoms with Crippen molar-refractivity contribution in [3.63, 3.8) is 0 Å². The maximum Gasteiger partial charge on any atom is 0.275 e. The summed E-state index contributed by atoms with van der Waals surface area (Å²) in [6.07, 6.45) is 6.48. The first-order valence-electron chi connectivity index (χ1n) is 8.78. The minimum Gasteiger partial charge on any atom is -0.507 e. The van der Waals surface area contributed by atoms with Crippen LogP contribution in [0.15, 0.2) is 29.4 Å². The second kappa shape index (κ2) is 5.66. The van der Waals surface area contributed by atoms with Crippen LogP contribution in [-0.2, 0) is 0 Å². The standard InChI is InChI=1S/C19H24N2O2/c1-11-8-15-12-6-7-13(9-12)16(15)10-17(11)20-21-19(23)14-4-2-3-5-18(14)22/h2-5,11-13,15-16,22H,6-10H2,1H3,(H,21,23)/t11-,12-,13+,15-,16+/m1/s1. The number of phenols is 1. The first-order chi connectivity index (χ1) is 11.1. The van der Waals surface area contributed by atoms with E-state index in [4.69, 9.17) is 0 Å². The SMILES string of the molecule is C[C@@H]1C[C@@H]2[C@@H]3CC[C@@H](C3)[C@@H]2CC1=NNC(=O)c1ccccc1O. The number of fused-ring (bicyclic) bond motifs is 5. The van der Waals surface area contributed by atoms with Crippen molar-refractivity contribution in [3.05, 3.63) is 29.8 Å². The molecule has 3 aliphatic rings.